The van der Waals surface area contributed by atoms with Gasteiger partial charge in [0.2, 0.25) is 5.69 Å². The Kier molecular flexibility index (Phi) is 5.93. The minimum absolute atomic E-state index is 0.0858. The number of carbonyl (C=O) groups excluding carboxylic acids is 1. The van der Waals surface area contributed by atoms with Gasteiger partial charge in [-0.25, -0.2) is 4.85 Å². The maximum Gasteiger partial charge on any atom is 0.257 e. The van der Waals surface area contributed by atoms with Crippen LogP contribution in [0.3, 0.4) is 0 Å². The van der Waals surface area contributed by atoms with Gasteiger partial charge in [-0.3, -0.25) is 10.1 Å². The van der Waals surface area contributed by atoms with Crippen LogP contribution in [0.25, 0.3) is 4.85 Å². The van der Waals surface area contributed by atoms with Gasteiger partial charge in [-0.2, -0.15) is 0 Å². The number of rotatable bonds is 4. The van der Waals surface area contributed by atoms with Crippen LogP contribution < -0.4 is 20.1 Å². The average molecular weight is 355 g/mol. The Morgan fingerprint density at radius 2 is 1.72 bits per heavy atom. The zero-order valence-electron chi connectivity index (χ0n) is 14.0. The number of nitrogens with one attached hydrogen (secondary N) is 2. The lowest BCUT2D eigenvalue weighted by molar-refractivity contribution is 0.0977. The molecule has 0 fully saturated rings. The van der Waals surface area contributed by atoms with Gasteiger partial charge in [0.05, 0.1) is 20.8 Å². The van der Waals surface area contributed by atoms with E-state index in [4.69, 9.17) is 28.3 Å². The zero-order valence-corrected chi connectivity index (χ0v) is 14.9. The first kappa shape index (κ1) is 18.2. The van der Waals surface area contributed by atoms with Gasteiger partial charge in [-0.15, -0.1) is 0 Å². The molecule has 6 nitrogen and oxygen atoms in total. The maximum atomic E-state index is 12.2. The van der Waals surface area contributed by atoms with Crippen LogP contribution in [0.5, 0.6) is 11.5 Å². The van der Waals surface area contributed by atoms with Gasteiger partial charge in [-0.05, 0) is 43.4 Å². The molecule has 0 aromatic heterocycles. The molecule has 2 rings (SSSR count). The van der Waals surface area contributed by atoms with E-state index in [1.807, 2.05) is 19.1 Å². The van der Waals surface area contributed by atoms with Crippen molar-refractivity contribution in [2.24, 2.45) is 0 Å². The van der Waals surface area contributed by atoms with Gasteiger partial charge in [0.15, 0.2) is 16.6 Å². The number of nitrogens with zero attached hydrogens (tertiary/aromatic N) is 1. The number of hydrogen-bond donors (Lipinski definition) is 2. The monoisotopic (exact) mass is 355 g/mol. The predicted octanol–water partition coefficient (Wildman–Crippen LogP) is 3.69. The highest BCUT2D eigenvalue weighted by molar-refractivity contribution is 7.80. The third kappa shape index (κ3) is 4.46. The molecule has 0 aliphatic rings. The summed E-state index contributed by atoms with van der Waals surface area (Å²) < 4.78 is 10.4. The molecule has 0 radical (unpaired) electrons. The van der Waals surface area contributed by atoms with Gasteiger partial charge >= 0.3 is 0 Å². The molecular weight excluding hydrogens is 338 g/mol. The van der Waals surface area contributed by atoms with Crippen molar-refractivity contribution in [3.8, 4) is 11.5 Å². The minimum Gasteiger partial charge on any atom is -0.494 e. The molecule has 7 heteroatoms. The molecule has 0 saturated heterocycles. The van der Waals surface area contributed by atoms with E-state index >= 15 is 0 Å². The molecule has 2 N–H and O–H groups in total. The summed E-state index contributed by atoms with van der Waals surface area (Å²) in [7, 11) is 2.99. The Morgan fingerprint density at radius 1 is 1.12 bits per heavy atom. The summed E-state index contributed by atoms with van der Waals surface area (Å²) in [6.45, 7) is 9.22. The molecule has 0 unspecified atom stereocenters. The highest BCUT2D eigenvalue weighted by Gasteiger charge is 2.14. The summed E-state index contributed by atoms with van der Waals surface area (Å²) in [5.74, 6) is 0.557. The first-order valence-corrected chi connectivity index (χ1v) is 7.71. The minimum atomic E-state index is -0.331. The normalized spacial score (nSPS) is 9.68. The molecule has 0 aliphatic heterocycles. The van der Waals surface area contributed by atoms with Crippen molar-refractivity contribution in [2.45, 2.75) is 6.92 Å². The van der Waals surface area contributed by atoms with Crippen LogP contribution in [0.2, 0.25) is 0 Å². The van der Waals surface area contributed by atoms with Crippen molar-refractivity contribution in [2.75, 3.05) is 19.5 Å². The Hall–Kier alpha value is -3.11. The lowest BCUT2D eigenvalue weighted by Crippen LogP contribution is -2.34. The van der Waals surface area contributed by atoms with Crippen molar-refractivity contribution >= 4 is 34.6 Å². The second kappa shape index (κ2) is 8.13. The van der Waals surface area contributed by atoms with E-state index in [2.05, 4.69) is 15.5 Å². The fraction of sp³-hybridized carbons (Fsp3) is 0.167. The summed E-state index contributed by atoms with van der Waals surface area (Å²) >= 11 is 5.17. The summed E-state index contributed by atoms with van der Waals surface area (Å²) in [6, 6.07) is 10.3. The summed E-state index contributed by atoms with van der Waals surface area (Å²) in [5, 5.41) is 5.52. The van der Waals surface area contributed by atoms with Gasteiger partial charge in [0.25, 0.3) is 5.91 Å². The first-order valence-electron chi connectivity index (χ1n) is 7.31. The third-order valence-electron chi connectivity index (χ3n) is 3.41. The number of anilines is 1. The molecule has 0 aliphatic carbocycles. The Balaban J connectivity index is 2.16. The largest absolute Gasteiger partial charge is 0.494 e. The molecule has 0 heterocycles. The zero-order chi connectivity index (χ0) is 18.4. The lowest BCUT2D eigenvalue weighted by atomic mass is 10.1. The number of carbonyl (C=O) groups is 1. The summed E-state index contributed by atoms with van der Waals surface area (Å²) in [5.41, 5.74) is 2.27. The standard InChI is InChI=1S/C18H17N3O3S/c1-11-5-7-12(8-6-11)17(22)21-18(25)20-14-10-16(24-4)15(23-3)9-13(14)19-2/h5-10H,1,3-4H3,(H2,20,21,22,25). The molecular formula is C18H17N3O3S. The fourth-order valence-corrected chi connectivity index (χ4v) is 2.30. The third-order valence-corrected chi connectivity index (χ3v) is 3.62. The molecule has 0 saturated carbocycles. The topological polar surface area (TPSA) is 64.0 Å². The predicted molar refractivity (Wildman–Crippen MR) is 101 cm³/mol. The lowest BCUT2D eigenvalue weighted by Gasteiger charge is -2.14. The van der Waals surface area contributed by atoms with Gasteiger partial charge in [0, 0.05) is 11.3 Å². The van der Waals surface area contributed by atoms with Crippen molar-refractivity contribution in [3.05, 3.63) is 58.9 Å². The molecule has 128 valence electrons. The van der Waals surface area contributed by atoms with E-state index < -0.39 is 0 Å². The number of thiocarbonyl (C=S) groups is 1. The highest BCUT2D eigenvalue weighted by atomic mass is 32.1. The second-order valence-electron chi connectivity index (χ2n) is 5.11. The van der Waals surface area contributed by atoms with Gasteiger partial charge in [-0.1, -0.05) is 17.7 Å². The smallest absolute Gasteiger partial charge is 0.257 e. The molecule has 0 spiro atoms. The molecule has 2 aromatic rings. The number of benzene rings is 2. The van der Waals surface area contributed by atoms with E-state index in [0.717, 1.165) is 5.56 Å². The van der Waals surface area contributed by atoms with E-state index in [1.54, 1.807) is 24.3 Å². The van der Waals surface area contributed by atoms with Crippen LogP contribution in [0.4, 0.5) is 11.4 Å². The van der Waals surface area contributed by atoms with Crippen molar-refractivity contribution in [1.29, 1.82) is 0 Å². The molecule has 0 atom stereocenters. The van der Waals surface area contributed by atoms with Crippen LogP contribution in [-0.4, -0.2) is 25.2 Å². The van der Waals surface area contributed by atoms with Crippen LogP contribution in [0.1, 0.15) is 15.9 Å². The van der Waals surface area contributed by atoms with Crippen LogP contribution in [0, 0.1) is 13.5 Å². The SMILES string of the molecule is [C-]#[N+]c1cc(OC)c(OC)cc1NC(=S)NC(=O)c1ccc(C)cc1. The Bertz CT molecular complexity index is 842. The number of aryl methyl sites for hydroxylation is 1. The van der Waals surface area contributed by atoms with Crippen molar-refractivity contribution in [3.63, 3.8) is 0 Å². The molecule has 2 aromatic carbocycles. The first-order chi connectivity index (χ1) is 12.0. The van der Waals surface area contributed by atoms with E-state index in [1.165, 1.54) is 14.2 Å². The number of ether oxygens (including phenoxy) is 2. The number of hydrogen-bond acceptors (Lipinski definition) is 4. The van der Waals surface area contributed by atoms with Crippen LogP contribution in [0.15, 0.2) is 36.4 Å². The molecule has 1 amide bonds. The molecule has 0 bridgehead atoms. The van der Waals surface area contributed by atoms with E-state index in [0.29, 0.717) is 28.4 Å². The van der Waals surface area contributed by atoms with Crippen LogP contribution >= 0.6 is 12.2 Å². The van der Waals surface area contributed by atoms with E-state index in [9.17, 15) is 4.79 Å². The summed E-state index contributed by atoms with van der Waals surface area (Å²) in [6.07, 6.45) is 0. The quantitative estimate of drug-likeness (QED) is 0.647. The molecule has 25 heavy (non-hydrogen) atoms. The maximum absolute atomic E-state index is 12.2. The van der Waals surface area contributed by atoms with E-state index in [-0.39, 0.29) is 11.0 Å². The van der Waals surface area contributed by atoms with Gasteiger partial charge < -0.3 is 14.8 Å². The average Bonchev–Trinajstić information content (AvgIpc) is 2.61. The Labute approximate surface area is 151 Å². The number of methoxy groups -OCH3 is 2. The summed E-state index contributed by atoms with van der Waals surface area (Å²) in [4.78, 5) is 15.6. The highest BCUT2D eigenvalue weighted by Crippen LogP contribution is 2.38. The van der Waals surface area contributed by atoms with Gasteiger partial charge in [0.1, 0.15) is 0 Å². The van der Waals surface area contributed by atoms with Crippen molar-refractivity contribution < 1.29 is 14.3 Å². The Morgan fingerprint density at radius 3 is 2.28 bits per heavy atom. The number of amides is 1. The van der Waals surface area contributed by atoms with Crippen LogP contribution in [-0.2, 0) is 0 Å². The second-order valence-corrected chi connectivity index (χ2v) is 5.52. The van der Waals surface area contributed by atoms with Crippen molar-refractivity contribution in [1.82, 2.24) is 5.32 Å². The fourth-order valence-electron chi connectivity index (χ4n) is 2.09.